The van der Waals surface area contributed by atoms with Gasteiger partial charge in [0, 0.05) is 6.04 Å². The molecule has 0 fully saturated rings. The van der Waals surface area contributed by atoms with Crippen molar-refractivity contribution in [2.75, 3.05) is 6.54 Å². The number of rotatable bonds is 4. The lowest BCUT2D eigenvalue weighted by Crippen LogP contribution is -2.14. The molecule has 0 aromatic heterocycles. The van der Waals surface area contributed by atoms with E-state index in [1.54, 1.807) is 0 Å². The van der Waals surface area contributed by atoms with Crippen molar-refractivity contribution >= 4 is 0 Å². The van der Waals surface area contributed by atoms with Crippen molar-refractivity contribution < 1.29 is 0 Å². The van der Waals surface area contributed by atoms with E-state index < -0.39 is 0 Å². The molecular formula is C7H20N2. The van der Waals surface area contributed by atoms with Crippen molar-refractivity contribution in [1.82, 2.24) is 0 Å². The first kappa shape index (κ1) is 11.7. The van der Waals surface area contributed by atoms with E-state index in [0.717, 1.165) is 19.4 Å². The van der Waals surface area contributed by atoms with Crippen molar-refractivity contribution in [2.24, 2.45) is 11.5 Å². The van der Waals surface area contributed by atoms with E-state index in [4.69, 9.17) is 11.5 Å². The summed E-state index contributed by atoms with van der Waals surface area (Å²) in [5, 5.41) is 0. The topological polar surface area (TPSA) is 52.0 Å². The van der Waals surface area contributed by atoms with E-state index in [1.165, 1.54) is 6.42 Å². The fourth-order valence-corrected chi connectivity index (χ4v) is 0.611. The second kappa shape index (κ2) is 7.92. The number of hydrogen-bond donors (Lipinski definition) is 2. The summed E-state index contributed by atoms with van der Waals surface area (Å²) in [7, 11) is 0. The standard InChI is InChI=1S/C6H16N2.CH4/c1-6(8)4-2-3-5-7;/h6H,2-5,7-8H2,1H3;1H4. The molecule has 1 unspecified atom stereocenters. The maximum absolute atomic E-state index is 5.49. The Morgan fingerprint density at radius 3 is 2.22 bits per heavy atom. The lowest BCUT2D eigenvalue weighted by Gasteiger charge is -2.01. The normalized spacial score (nSPS) is 12.3. The van der Waals surface area contributed by atoms with Gasteiger partial charge >= 0.3 is 0 Å². The van der Waals surface area contributed by atoms with Gasteiger partial charge in [0.05, 0.1) is 0 Å². The van der Waals surface area contributed by atoms with E-state index in [2.05, 4.69) is 0 Å². The molecule has 0 aromatic rings. The number of hydrogen-bond acceptors (Lipinski definition) is 2. The van der Waals surface area contributed by atoms with Crippen molar-refractivity contribution in [1.29, 1.82) is 0 Å². The average Bonchev–Trinajstić information content (AvgIpc) is 1.66. The van der Waals surface area contributed by atoms with Crippen LogP contribution in [0.4, 0.5) is 0 Å². The third-order valence-electron chi connectivity index (χ3n) is 1.11. The summed E-state index contributed by atoms with van der Waals surface area (Å²) in [6.07, 6.45) is 3.40. The van der Waals surface area contributed by atoms with Crippen LogP contribution >= 0.6 is 0 Å². The van der Waals surface area contributed by atoms with Crippen LogP contribution in [0.1, 0.15) is 33.6 Å². The van der Waals surface area contributed by atoms with Crippen LogP contribution in [0.2, 0.25) is 0 Å². The van der Waals surface area contributed by atoms with Crippen LogP contribution in [0, 0.1) is 0 Å². The summed E-state index contributed by atoms with van der Waals surface area (Å²) in [4.78, 5) is 0. The van der Waals surface area contributed by atoms with Crippen molar-refractivity contribution in [3.63, 3.8) is 0 Å². The third kappa shape index (κ3) is 11.5. The SMILES string of the molecule is C.CC(N)CCCCN. The first-order valence-corrected chi connectivity index (χ1v) is 3.23. The fourth-order valence-electron chi connectivity index (χ4n) is 0.611. The lowest BCUT2D eigenvalue weighted by molar-refractivity contribution is 0.602. The average molecular weight is 132 g/mol. The summed E-state index contributed by atoms with van der Waals surface area (Å²) < 4.78 is 0. The number of nitrogens with two attached hydrogens (primary N) is 2. The molecule has 58 valence electrons. The molecule has 2 nitrogen and oxygen atoms in total. The Balaban J connectivity index is 0. The highest BCUT2D eigenvalue weighted by atomic mass is 14.6. The van der Waals surface area contributed by atoms with Crippen molar-refractivity contribution in [3.8, 4) is 0 Å². The van der Waals surface area contributed by atoms with Crippen LogP contribution in [-0.2, 0) is 0 Å². The van der Waals surface area contributed by atoms with Gasteiger partial charge in [0.2, 0.25) is 0 Å². The Morgan fingerprint density at radius 1 is 1.33 bits per heavy atom. The quantitative estimate of drug-likeness (QED) is 0.563. The molecule has 0 saturated heterocycles. The maximum atomic E-state index is 5.49. The van der Waals surface area contributed by atoms with E-state index >= 15 is 0 Å². The molecule has 0 saturated carbocycles. The van der Waals surface area contributed by atoms with Gasteiger partial charge in [0.25, 0.3) is 0 Å². The molecule has 1 atom stereocenters. The highest BCUT2D eigenvalue weighted by Gasteiger charge is 1.90. The van der Waals surface area contributed by atoms with Gasteiger partial charge in [-0.05, 0) is 26.3 Å². The van der Waals surface area contributed by atoms with Crippen molar-refractivity contribution in [3.05, 3.63) is 0 Å². The zero-order valence-corrected chi connectivity index (χ0v) is 5.56. The van der Waals surface area contributed by atoms with Gasteiger partial charge in [-0.1, -0.05) is 13.8 Å². The third-order valence-corrected chi connectivity index (χ3v) is 1.11. The van der Waals surface area contributed by atoms with Crippen LogP contribution in [-0.4, -0.2) is 12.6 Å². The van der Waals surface area contributed by atoms with E-state index in [1.807, 2.05) is 6.92 Å². The van der Waals surface area contributed by atoms with Gasteiger partial charge in [-0.3, -0.25) is 0 Å². The van der Waals surface area contributed by atoms with Crippen LogP contribution < -0.4 is 11.5 Å². The maximum Gasteiger partial charge on any atom is 0.00104 e. The molecule has 4 N–H and O–H groups in total. The smallest absolute Gasteiger partial charge is 0.00104 e. The Hall–Kier alpha value is -0.0800. The molecule has 0 aliphatic heterocycles. The number of unbranched alkanes of at least 4 members (excludes halogenated alkanes) is 1. The Bertz CT molecular complexity index is 44.2. The van der Waals surface area contributed by atoms with E-state index in [-0.39, 0.29) is 7.43 Å². The second-order valence-electron chi connectivity index (χ2n) is 2.26. The van der Waals surface area contributed by atoms with Gasteiger partial charge in [0.15, 0.2) is 0 Å². The van der Waals surface area contributed by atoms with Gasteiger partial charge in [-0.25, -0.2) is 0 Å². The zero-order chi connectivity index (χ0) is 6.41. The largest absolute Gasteiger partial charge is 0.330 e. The molecule has 0 bridgehead atoms. The molecule has 0 radical (unpaired) electrons. The highest BCUT2D eigenvalue weighted by molar-refractivity contribution is 4.52. The Labute approximate surface area is 58.6 Å². The first-order chi connectivity index (χ1) is 3.77. The lowest BCUT2D eigenvalue weighted by atomic mass is 10.1. The summed E-state index contributed by atoms with van der Waals surface area (Å²) in [6.45, 7) is 2.82. The predicted octanol–water partition coefficient (Wildman–Crippen LogP) is 1.10. The Morgan fingerprint density at radius 2 is 1.89 bits per heavy atom. The molecule has 0 aliphatic carbocycles. The monoisotopic (exact) mass is 132 g/mol. The zero-order valence-electron chi connectivity index (χ0n) is 5.56. The summed E-state index contributed by atoms with van der Waals surface area (Å²) >= 11 is 0. The van der Waals surface area contributed by atoms with E-state index in [0.29, 0.717) is 6.04 Å². The van der Waals surface area contributed by atoms with Gasteiger partial charge in [-0.15, -0.1) is 0 Å². The van der Waals surface area contributed by atoms with Crippen LogP contribution in [0.5, 0.6) is 0 Å². The Kier molecular flexibility index (Phi) is 10.3. The van der Waals surface area contributed by atoms with Gasteiger partial charge in [0.1, 0.15) is 0 Å². The van der Waals surface area contributed by atoms with E-state index in [9.17, 15) is 0 Å². The molecule has 0 spiro atoms. The van der Waals surface area contributed by atoms with Gasteiger partial charge < -0.3 is 11.5 Å². The minimum absolute atomic E-state index is 0. The van der Waals surface area contributed by atoms with Crippen molar-refractivity contribution in [2.45, 2.75) is 39.7 Å². The second-order valence-corrected chi connectivity index (χ2v) is 2.26. The predicted molar refractivity (Wildman–Crippen MR) is 43.3 cm³/mol. The van der Waals surface area contributed by atoms with Crippen LogP contribution in [0.15, 0.2) is 0 Å². The summed E-state index contributed by atoms with van der Waals surface area (Å²) in [6, 6.07) is 0.349. The molecule has 9 heavy (non-hydrogen) atoms. The molecule has 0 aromatic carbocycles. The molecular weight excluding hydrogens is 112 g/mol. The first-order valence-electron chi connectivity index (χ1n) is 3.23. The molecule has 2 heteroatoms. The van der Waals surface area contributed by atoms with Crippen LogP contribution in [0.25, 0.3) is 0 Å². The molecule has 0 rings (SSSR count). The fraction of sp³-hybridized carbons (Fsp3) is 1.00. The molecule has 0 heterocycles. The minimum Gasteiger partial charge on any atom is -0.330 e. The minimum atomic E-state index is 0. The van der Waals surface area contributed by atoms with Gasteiger partial charge in [-0.2, -0.15) is 0 Å². The summed E-state index contributed by atoms with van der Waals surface area (Å²) in [5.74, 6) is 0. The molecule has 0 amide bonds. The highest BCUT2D eigenvalue weighted by Crippen LogP contribution is 1.95. The van der Waals surface area contributed by atoms with Crippen LogP contribution in [0.3, 0.4) is 0 Å². The summed E-state index contributed by atoms with van der Waals surface area (Å²) in [5.41, 5.74) is 10.8. The molecule has 0 aliphatic rings.